The number of hydrogen-bond acceptors (Lipinski definition) is 6. The Morgan fingerprint density at radius 2 is 0.976 bits per heavy atom. The molecule has 0 aliphatic carbocycles. The summed E-state index contributed by atoms with van der Waals surface area (Å²) in [6.45, 7) is 19.5. The van der Waals surface area contributed by atoms with Crippen LogP contribution in [0, 0.1) is 27.7 Å². The zero-order valence-corrected chi connectivity index (χ0v) is 25.8. The van der Waals surface area contributed by atoms with Crippen molar-refractivity contribution in [3.63, 3.8) is 0 Å². The third kappa shape index (κ3) is 9.16. The van der Waals surface area contributed by atoms with Gasteiger partial charge in [-0.1, -0.05) is 27.0 Å². The zero-order valence-electron chi connectivity index (χ0n) is 25.8. The van der Waals surface area contributed by atoms with Gasteiger partial charge in [-0.15, -0.1) is 0 Å². The topological polar surface area (TPSA) is 111 Å². The first-order valence-electron chi connectivity index (χ1n) is 14.4. The van der Waals surface area contributed by atoms with E-state index in [9.17, 15) is 19.2 Å². The molecule has 0 aliphatic heterocycles. The molecule has 0 unspecified atom stereocenters. The van der Waals surface area contributed by atoms with Gasteiger partial charge in [-0.2, -0.15) is 0 Å². The molecule has 0 heterocycles. The lowest BCUT2D eigenvalue weighted by atomic mass is 9.95. The lowest BCUT2D eigenvalue weighted by Gasteiger charge is -2.15. The first-order chi connectivity index (χ1) is 19.9. The second-order valence-corrected chi connectivity index (χ2v) is 10.3. The molecule has 0 saturated heterocycles. The summed E-state index contributed by atoms with van der Waals surface area (Å²) in [7, 11) is 0. The molecule has 8 nitrogen and oxygen atoms in total. The Morgan fingerprint density at radius 3 is 1.31 bits per heavy atom. The molecule has 0 spiro atoms. The molecule has 0 aromatic heterocycles. The number of carbonyl (C=O) groups excluding carboxylic acids is 4. The summed E-state index contributed by atoms with van der Waals surface area (Å²) in [5, 5.41) is 5.62. The van der Waals surface area contributed by atoms with Gasteiger partial charge in [0.2, 0.25) is 0 Å². The first kappa shape index (κ1) is 34.0. The van der Waals surface area contributed by atoms with Crippen LogP contribution in [-0.4, -0.2) is 49.7 Å². The van der Waals surface area contributed by atoms with E-state index in [1.54, 1.807) is 24.3 Å². The normalized spacial score (nSPS) is 10.5. The Labute approximate surface area is 249 Å². The molecule has 0 atom stereocenters. The van der Waals surface area contributed by atoms with Crippen LogP contribution >= 0.6 is 0 Å². The third-order valence-electron chi connectivity index (χ3n) is 7.43. The number of carbonyl (C=O) groups is 4. The van der Waals surface area contributed by atoms with Gasteiger partial charge in [-0.05, 0) is 111 Å². The van der Waals surface area contributed by atoms with Gasteiger partial charge in [-0.25, -0.2) is 0 Å². The summed E-state index contributed by atoms with van der Waals surface area (Å²) in [6, 6.07) is 6.84. The van der Waals surface area contributed by atoms with Crippen molar-refractivity contribution in [2.75, 3.05) is 26.3 Å². The van der Waals surface area contributed by atoms with Crippen molar-refractivity contribution >= 4 is 23.4 Å². The highest BCUT2D eigenvalue weighted by molar-refractivity contribution is 6.10. The van der Waals surface area contributed by atoms with E-state index in [1.165, 1.54) is 0 Å². The number of allylic oxidation sites excluding steroid dienone is 2. The minimum Gasteiger partial charge on any atom is -0.483 e. The van der Waals surface area contributed by atoms with E-state index in [2.05, 4.69) is 23.8 Å². The minimum absolute atomic E-state index is 0.0744. The highest BCUT2D eigenvalue weighted by atomic mass is 16.5. The molecule has 0 bridgehead atoms. The van der Waals surface area contributed by atoms with E-state index < -0.39 is 0 Å². The molecular weight excluding hydrogens is 532 g/mol. The number of ether oxygens (including phenoxy) is 2. The molecule has 0 aliphatic rings. The summed E-state index contributed by atoms with van der Waals surface area (Å²) in [5.41, 5.74) is 5.56. The predicted octanol–water partition coefficient (Wildman–Crippen LogP) is 5.69. The second-order valence-electron chi connectivity index (χ2n) is 10.3. The number of hydrogen-bond donors (Lipinski definition) is 2. The van der Waals surface area contributed by atoms with Crippen molar-refractivity contribution in [1.82, 2.24) is 10.6 Å². The minimum atomic E-state index is -0.249. The molecule has 8 heteroatoms. The average Bonchev–Trinajstić information content (AvgIpc) is 2.98. The van der Waals surface area contributed by atoms with Crippen molar-refractivity contribution in [3.05, 3.63) is 82.0 Å². The molecule has 0 radical (unpaired) electrons. The number of unbranched alkanes of at least 4 members (excludes halogenated alkanes) is 1. The summed E-state index contributed by atoms with van der Waals surface area (Å²) in [5.74, 6) is 0.471. The van der Waals surface area contributed by atoms with Crippen LogP contribution in [0.4, 0.5) is 0 Å². The van der Waals surface area contributed by atoms with Crippen LogP contribution in [-0.2, 0) is 9.59 Å². The largest absolute Gasteiger partial charge is 0.483 e. The maximum Gasteiger partial charge on any atom is 0.257 e. The monoisotopic (exact) mass is 576 g/mol. The van der Waals surface area contributed by atoms with Gasteiger partial charge in [0.15, 0.2) is 24.8 Å². The fourth-order valence-electron chi connectivity index (χ4n) is 4.19. The van der Waals surface area contributed by atoms with E-state index in [1.807, 2.05) is 41.5 Å². The molecule has 2 aromatic carbocycles. The molecule has 2 amide bonds. The van der Waals surface area contributed by atoms with Crippen molar-refractivity contribution in [2.24, 2.45) is 0 Å². The molecular formula is C34H44N2O6. The molecule has 226 valence electrons. The Balaban J connectivity index is 1.68. The van der Waals surface area contributed by atoms with Gasteiger partial charge in [0, 0.05) is 24.2 Å². The van der Waals surface area contributed by atoms with Crippen LogP contribution in [0.25, 0.3) is 0 Å². The van der Waals surface area contributed by atoms with Crippen LogP contribution in [0.2, 0.25) is 0 Å². The van der Waals surface area contributed by atoms with Crippen molar-refractivity contribution in [2.45, 2.75) is 67.2 Å². The standard InChI is InChI=1S/C34H44N2O6/c1-9-21(3)33(39)27-13-15-29(25(7)23(27)5)41-19-31(37)35-17-11-12-18-36-32(38)20-42-30-16-14-28(24(6)26(30)8)34(40)22(4)10-2/h13-16H,3-4,9-12,17-20H2,1-2,5-8H3,(H,35,37)(H,36,38). The highest BCUT2D eigenvalue weighted by Gasteiger charge is 2.17. The van der Waals surface area contributed by atoms with Crippen LogP contribution < -0.4 is 20.1 Å². The van der Waals surface area contributed by atoms with Crippen LogP contribution in [0.5, 0.6) is 11.5 Å². The highest BCUT2D eigenvalue weighted by Crippen LogP contribution is 2.27. The van der Waals surface area contributed by atoms with Gasteiger partial charge in [0.25, 0.3) is 11.8 Å². The Hall–Kier alpha value is -4.20. The van der Waals surface area contributed by atoms with Crippen LogP contribution in [0.1, 0.15) is 82.5 Å². The molecule has 0 fully saturated rings. The van der Waals surface area contributed by atoms with Gasteiger partial charge < -0.3 is 20.1 Å². The summed E-state index contributed by atoms with van der Waals surface area (Å²) >= 11 is 0. The maximum absolute atomic E-state index is 12.5. The Kier molecular flexibility index (Phi) is 13.2. The van der Waals surface area contributed by atoms with E-state index >= 15 is 0 Å². The van der Waals surface area contributed by atoms with E-state index in [0.29, 0.717) is 72.5 Å². The molecule has 0 saturated carbocycles. The molecule has 42 heavy (non-hydrogen) atoms. The summed E-state index contributed by atoms with van der Waals surface area (Å²) in [4.78, 5) is 49.4. The summed E-state index contributed by atoms with van der Waals surface area (Å²) < 4.78 is 11.4. The van der Waals surface area contributed by atoms with Crippen molar-refractivity contribution in [1.29, 1.82) is 0 Å². The molecule has 2 aromatic rings. The Bertz CT molecular complexity index is 1250. The predicted molar refractivity (Wildman–Crippen MR) is 166 cm³/mol. The van der Waals surface area contributed by atoms with Crippen molar-refractivity contribution < 1.29 is 28.7 Å². The summed E-state index contributed by atoms with van der Waals surface area (Å²) in [6.07, 6.45) is 2.54. The zero-order chi connectivity index (χ0) is 31.4. The van der Waals surface area contributed by atoms with E-state index in [-0.39, 0.29) is 36.6 Å². The van der Waals surface area contributed by atoms with Crippen LogP contribution in [0.15, 0.2) is 48.6 Å². The number of rotatable bonds is 17. The average molecular weight is 577 g/mol. The number of nitrogens with one attached hydrogen (secondary N) is 2. The number of benzene rings is 2. The van der Waals surface area contributed by atoms with Gasteiger partial charge >= 0.3 is 0 Å². The quantitative estimate of drug-likeness (QED) is 0.142. The SMILES string of the molecule is C=C(CC)C(=O)c1ccc(OCC(=O)NCCCCNC(=O)COc2ccc(C(=O)C(=C)CC)c(C)c2C)c(C)c1C. The third-order valence-corrected chi connectivity index (χ3v) is 7.43. The van der Waals surface area contributed by atoms with Gasteiger partial charge in [-0.3, -0.25) is 19.2 Å². The maximum atomic E-state index is 12.5. The lowest BCUT2D eigenvalue weighted by molar-refractivity contribution is -0.124. The number of Topliss-reactive ketones (excluding diaryl/α,β-unsaturated/α-hetero) is 2. The van der Waals surface area contributed by atoms with Crippen molar-refractivity contribution in [3.8, 4) is 11.5 Å². The number of amides is 2. The number of ketones is 2. The van der Waals surface area contributed by atoms with E-state index in [4.69, 9.17) is 9.47 Å². The van der Waals surface area contributed by atoms with E-state index in [0.717, 1.165) is 22.3 Å². The lowest BCUT2D eigenvalue weighted by Crippen LogP contribution is -2.32. The van der Waals surface area contributed by atoms with Gasteiger partial charge in [0.05, 0.1) is 0 Å². The molecule has 2 N–H and O–H groups in total. The Morgan fingerprint density at radius 1 is 0.619 bits per heavy atom. The smallest absolute Gasteiger partial charge is 0.257 e. The fourth-order valence-corrected chi connectivity index (χ4v) is 4.19. The van der Waals surface area contributed by atoms with Gasteiger partial charge in [0.1, 0.15) is 11.5 Å². The van der Waals surface area contributed by atoms with Crippen LogP contribution in [0.3, 0.4) is 0 Å². The first-order valence-corrected chi connectivity index (χ1v) is 14.4. The second kappa shape index (κ2) is 16.3. The fraction of sp³-hybridized carbons (Fsp3) is 0.412. The molecule has 2 rings (SSSR count).